The molecule has 0 radical (unpaired) electrons. The number of hydrogen-bond acceptors (Lipinski definition) is 8. The highest BCUT2D eigenvalue weighted by Crippen LogP contribution is 2.71. The van der Waals surface area contributed by atoms with E-state index in [-0.39, 0.29) is 30.9 Å². The van der Waals surface area contributed by atoms with Crippen LogP contribution in [-0.2, 0) is 23.9 Å². The van der Waals surface area contributed by atoms with Gasteiger partial charge in [0, 0.05) is 37.5 Å². The summed E-state index contributed by atoms with van der Waals surface area (Å²) >= 11 is 1.62. The lowest BCUT2D eigenvalue weighted by atomic mass is 9.66. The minimum Gasteiger partial charge on any atom is -0.461 e. The molecule has 2 unspecified atom stereocenters. The van der Waals surface area contributed by atoms with E-state index in [2.05, 4.69) is 18.1 Å². The van der Waals surface area contributed by atoms with Gasteiger partial charge >= 0.3 is 5.97 Å². The second-order valence-corrected chi connectivity index (χ2v) is 13.8. The fourth-order valence-corrected chi connectivity index (χ4v) is 9.48. The van der Waals surface area contributed by atoms with Gasteiger partial charge < -0.3 is 24.4 Å². The van der Waals surface area contributed by atoms with Crippen molar-refractivity contribution < 1.29 is 29.0 Å². The Morgan fingerprint density at radius 3 is 2.59 bits per heavy atom. The fourth-order valence-electron chi connectivity index (χ4n) is 7.15. The van der Waals surface area contributed by atoms with Gasteiger partial charge in [-0.1, -0.05) is 32.6 Å². The second kappa shape index (κ2) is 12.3. The number of rotatable bonds is 13. The molecule has 4 rings (SSSR count). The smallest absolute Gasteiger partial charge is 0.311 e. The average molecular weight is 564 g/mol. The number of nitrogens with zero attached hydrogens (tertiary/aromatic N) is 3. The Morgan fingerprint density at radius 2 is 1.97 bits per heavy atom. The highest BCUT2D eigenvalue weighted by molar-refractivity contribution is 8.02. The molecule has 4 heterocycles. The number of carbonyl (C=O) groups excluding carboxylic acids is 3. The molecule has 10 heteroatoms. The number of esters is 1. The average Bonchev–Trinajstić information content (AvgIpc) is 3.49. The number of amides is 2. The van der Waals surface area contributed by atoms with Crippen molar-refractivity contribution in [3.8, 4) is 0 Å². The summed E-state index contributed by atoms with van der Waals surface area (Å²) in [6.45, 7) is 18.1. The molecule has 39 heavy (non-hydrogen) atoms. The molecule has 0 aromatic carbocycles. The van der Waals surface area contributed by atoms with Crippen molar-refractivity contribution in [1.82, 2.24) is 14.7 Å². The van der Waals surface area contributed by atoms with Gasteiger partial charge in [-0.3, -0.25) is 19.3 Å². The van der Waals surface area contributed by atoms with E-state index < -0.39 is 39.4 Å². The van der Waals surface area contributed by atoms with Crippen molar-refractivity contribution in [3.63, 3.8) is 0 Å². The largest absolute Gasteiger partial charge is 0.461 e. The summed E-state index contributed by atoms with van der Waals surface area (Å²) < 4.78 is 9.74. The number of hydrogen-bond donors (Lipinski definition) is 1. The number of likely N-dealkylation sites (tertiary alicyclic amines) is 1. The first kappa shape index (κ1) is 30.1. The summed E-state index contributed by atoms with van der Waals surface area (Å²) in [5, 5.41) is 10.5. The van der Waals surface area contributed by atoms with E-state index in [1.807, 2.05) is 20.8 Å². The van der Waals surface area contributed by atoms with Crippen LogP contribution in [-0.4, -0.2) is 118 Å². The fraction of sp³-hybridized carbons (Fsp3) is 0.759. The molecule has 2 amide bonds. The maximum atomic E-state index is 14.6. The van der Waals surface area contributed by atoms with E-state index in [9.17, 15) is 19.5 Å². The van der Waals surface area contributed by atoms with Gasteiger partial charge in [-0.05, 0) is 32.1 Å². The van der Waals surface area contributed by atoms with E-state index in [1.165, 1.54) is 6.08 Å². The Hall–Kier alpha value is -1.88. The van der Waals surface area contributed by atoms with Gasteiger partial charge in [0.05, 0.1) is 42.4 Å². The molecular formula is C29H45N3O6S. The van der Waals surface area contributed by atoms with Crippen LogP contribution in [0.3, 0.4) is 0 Å². The summed E-state index contributed by atoms with van der Waals surface area (Å²) in [5.41, 5.74) is 0. The lowest BCUT2D eigenvalue weighted by molar-refractivity contribution is -0.155. The third kappa shape index (κ3) is 5.54. The predicted molar refractivity (Wildman–Crippen MR) is 151 cm³/mol. The summed E-state index contributed by atoms with van der Waals surface area (Å²) in [5.74, 6) is -1.85. The van der Waals surface area contributed by atoms with Crippen molar-refractivity contribution in [2.24, 2.45) is 17.8 Å². The number of aliphatic hydroxyl groups excluding tert-OH is 1. The van der Waals surface area contributed by atoms with Crippen molar-refractivity contribution in [3.05, 3.63) is 25.3 Å². The third-order valence-corrected chi connectivity index (χ3v) is 10.8. The van der Waals surface area contributed by atoms with Crippen LogP contribution in [0.5, 0.6) is 0 Å². The van der Waals surface area contributed by atoms with Gasteiger partial charge in [0.2, 0.25) is 11.8 Å². The SMILES string of the molecule is C=CCOC(=O)[C@H]1[C@H]2C(=O)N([C@@H](CO)CC(C)C)C(C(=O)N(CC=C)CCN3CCOCC3)C23CC[C@]1(C)S3. The van der Waals surface area contributed by atoms with Crippen molar-refractivity contribution in [2.75, 3.05) is 59.2 Å². The standard InChI is InChI=1S/C29H45N3O6S/c1-6-10-31(12-11-30-13-16-37-17-14-30)26(35)24-29-9-8-28(5,39-29)23(27(36)38-15-7-2)22(29)25(34)32(24)21(19-33)18-20(3)4/h6-7,20-24,33H,1-2,8-19H2,3-5H3/t21-,22+,23-,24?,28+,29?/m1/s1. The van der Waals surface area contributed by atoms with Crippen molar-refractivity contribution in [1.29, 1.82) is 0 Å². The van der Waals surface area contributed by atoms with E-state index in [0.29, 0.717) is 45.7 Å². The Labute approximate surface area is 236 Å². The number of carbonyl (C=O) groups is 3. The molecule has 0 aromatic rings. The first-order chi connectivity index (χ1) is 18.6. The van der Waals surface area contributed by atoms with Gasteiger partial charge in [0.25, 0.3) is 0 Å². The zero-order valence-corrected chi connectivity index (χ0v) is 24.5. The van der Waals surface area contributed by atoms with Gasteiger partial charge in [-0.25, -0.2) is 0 Å². The highest BCUT2D eigenvalue weighted by atomic mass is 32.2. The van der Waals surface area contributed by atoms with E-state index >= 15 is 0 Å². The number of morpholine rings is 1. The Bertz CT molecular complexity index is 955. The molecule has 4 aliphatic heterocycles. The molecule has 1 N–H and O–H groups in total. The number of fused-ring (bicyclic) bond motifs is 1. The zero-order valence-electron chi connectivity index (χ0n) is 23.7. The molecule has 0 aliphatic carbocycles. The molecular weight excluding hydrogens is 518 g/mol. The number of thioether (sulfide) groups is 1. The van der Waals surface area contributed by atoms with Gasteiger partial charge in [0.15, 0.2) is 0 Å². The van der Waals surface area contributed by atoms with Crippen LogP contribution in [0, 0.1) is 17.8 Å². The summed E-state index contributed by atoms with van der Waals surface area (Å²) in [6.07, 6.45) is 5.19. The first-order valence-corrected chi connectivity index (χ1v) is 15.1. The first-order valence-electron chi connectivity index (χ1n) is 14.2. The van der Waals surface area contributed by atoms with Crippen LogP contribution in [0.2, 0.25) is 0 Å². The lowest BCUT2D eigenvalue weighted by Crippen LogP contribution is -2.58. The maximum absolute atomic E-state index is 14.6. The van der Waals surface area contributed by atoms with E-state index in [1.54, 1.807) is 27.6 Å². The number of ether oxygens (including phenoxy) is 2. The summed E-state index contributed by atoms with van der Waals surface area (Å²) in [4.78, 5) is 48.0. The predicted octanol–water partition coefficient (Wildman–Crippen LogP) is 1.95. The summed E-state index contributed by atoms with van der Waals surface area (Å²) in [6, 6.07) is -1.27. The molecule has 0 aromatic heterocycles. The van der Waals surface area contributed by atoms with Crippen LogP contribution in [0.15, 0.2) is 25.3 Å². The minimum atomic E-state index is -0.764. The van der Waals surface area contributed by atoms with Gasteiger partial charge in [-0.15, -0.1) is 18.3 Å². The summed E-state index contributed by atoms with van der Waals surface area (Å²) in [7, 11) is 0. The van der Waals surface area contributed by atoms with Gasteiger partial charge in [-0.2, -0.15) is 0 Å². The third-order valence-electron chi connectivity index (χ3n) is 8.84. The normalized spacial score (nSPS) is 32.8. The molecule has 4 saturated heterocycles. The van der Waals surface area contributed by atoms with Gasteiger partial charge in [0.1, 0.15) is 12.6 Å². The highest BCUT2D eigenvalue weighted by Gasteiger charge is 2.78. The minimum absolute atomic E-state index is 0.0807. The molecule has 218 valence electrons. The van der Waals surface area contributed by atoms with Crippen molar-refractivity contribution in [2.45, 2.75) is 61.6 Å². The monoisotopic (exact) mass is 563 g/mol. The molecule has 2 bridgehead atoms. The van der Waals surface area contributed by atoms with Crippen LogP contribution in [0.1, 0.15) is 40.0 Å². The zero-order chi connectivity index (χ0) is 28.4. The quantitative estimate of drug-likeness (QED) is 0.268. The molecule has 6 atom stereocenters. The molecule has 1 spiro atoms. The van der Waals surface area contributed by atoms with Crippen LogP contribution in [0.25, 0.3) is 0 Å². The second-order valence-electron chi connectivity index (χ2n) is 11.9. The van der Waals surface area contributed by atoms with Crippen LogP contribution >= 0.6 is 11.8 Å². The van der Waals surface area contributed by atoms with Crippen LogP contribution in [0.4, 0.5) is 0 Å². The van der Waals surface area contributed by atoms with Crippen molar-refractivity contribution >= 4 is 29.5 Å². The number of aliphatic hydroxyl groups is 1. The van der Waals surface area contributed by atoms with E-state index in [4.69, 9.17) is 9.47 Å². The molecule has 0 saturated carbocycles. The van der Waals surface area contributed by atoms with Crippen LogP contribution < -0.4 is 0 Å². The maximum Gasteiger partial charge on any atom is 0.311 e. The Morgan fingerprint density at radius 1 is 1.26 bits per heavy atom. The van der Waals surface area contributed by atoms with E-state index in [0.717, 1.165) is 19.5 Å². The topological polar surface area (TPSA) is 99.6 Å². The molecule has 9 nitrogen and oxygen atoms in total. The Kier molecular flexibility index (Phi) is 9.51. The Balaban J connectivity index is 1.71. The molecule has 4 aliphatic rings. The molecule has 4 fully saturated rings. The lowest BCUT2D eigenvalue weighted by Gasteiger charge is -2.40.